The number of halogens is 3. The molecule has 9 heteroatoms. The summed E-state index contributed by atoms with van der Waals surface area (Å²) < 4.78 is 44.5. The molecular weight excluding hydrogens is 337 g/mol. The first kappa shape index (κ1) is 17.4. The molecule has 25 heavy (non-hydrogen) atoms. The predicted octanol–water partition coefficient (Wildman–Crippen LogP) is 2.98. The molecule has 0 saturated carbocycles. The molecule has 0 bridgehead atoms. The molecule has 0 radical (unpaired) electrons. The van der Waals surface area contributed by atoms with Crippen LogP contribution in [0.1, 0.15) is 28.9 Å². The number of rotatable bonds is 4. The minimum atomic E-state index is -4.53. The lowest BCUT2D eigenvalue weighted by Gasteiger charge is -2.21. The topological polar surface area (TPSA) is 69.0 Å². The van der Waals surface area contributed by atoms with Gasteiger partial charge in [0.2, 0.25) is 0 Å². The van der Waals surface area contributed by atoms with Crippen LogP contribution in [0.2, 0.25) is 0 Å². The Morgan fingerprint density at radius 2 is 2.04 bits per heavy atom. The highest BCUT2D eigenvalue weighted by atomic mass is 19.4. The third kappa shape index (κ3) is 4.56. The molecule has 0 aromatic carbocycles. The summed E-state index contributed by atoms with van der Waals surface area (Å²) >= 11 is 0. The summed E-state index contributed by atoms with van der Waals surface area (Å²) in [4.78, 5) is 15.4. The van der Waals surface area contributed by atoms with Gasteiger partial charge in [-0.15, -0.1) is 0 Å². The van der Waals surface area contributed by atoms with Gasteiger partial charge in [0.1, 0.15) is 5.69 Å². The Balaban J connectivity index is 1.59. The van der Waals surface area contributed by atoms with Crippen LogP contribution in [-0.2, 0) is 17.5 Å². The molecule has 1 saturated heterocycles. The Morgan fingerprint density at radius 3 is 2.68 bits per heavy atom. The van der Waals surface area contributed by atoms with Crippen molar-refractivity contribution in [2.45, 2.75) is 25.6 Å². The Bertz CT molecular complexity index is 722. The lowest BCUT2D eigenvalue weighted by molar-refractivity contribution is -0.141. The summed E-state index contributed by atoms with van der Waals surface area (Å²) in [6.07, 6.45) is 1.53. The van der Waals surface area contributed by atoms with Gasteiger partial charge in [-0.25, -0.2) is 0 Å². The summed E-state index contributed by atoms with van der Waals surface area (Å²) in [6.45, 7) is 2.23. The number of carbonyl (C=O) groups excluding carboxylic acids is 1. The van der Waals surface area contributed by atoms with Gasteiger partial charge >= 0.3 is 6.18 Å². The molecule has 1 N–H and O–H groups in total. The molecule has 1 fully saturated rings. The zero-order valence-corrected chi connectivity index (χ0v) is 13.3. The largest absolute Gasteiger partial charge is 0.433 e. The zero-order chi connectivity index (χ0) is 17.9. The van der Waals surface area contributed by atoms with Crippen LogP contribution < -0.4 is 5.32 Å². The Labute approximate surface area is 142 Å². The highest BCUT2D eigenvalue weighted by Gasteiger charge is 2.32. The van der Waals surface area contributed by atoms with Gasteiger partial charge in [-0.2, -0.15) is 18.3 Å². The fraction of sp³-hybridized carbons (Fsp3) is 0.438. The number of carbonyl (C=O) groups is 1. The SMILES string of the molecule is O=C(Nc1cnn(CC2CCOCC2)c1)c1ccc(C(F)(F)F)nc1. The fourth-order valence-corrected chi connectivity index (χ4v) is 2.62. The van der Waals surface area contributed by atoms with E-state index in [2.05, 4.69) is 15.4 Å². The number of pyridine rings is 1. The molecule has 2 aromatic heterocycles. The van der Waals surface area contributed by atoms with E-state index in [0.29, 0.717) is 11.6 Å². The van der Waals surface area contributed by atoms with E-state index in [0.717, 1.165) is 50.9 Å². The number of hydrogen-bond acceptors (Lipinski definition) is 4. The van der Waals surface area contributed by atoms with Gasteiger partial charge in [-0.3, -0.25) is 14.5 Å². The number of alkyl halides is 3. The molecule has 2 aromatic rings. The number of ether oxygens (including phenoxy) is 1. The van der Waals surface area contributed by atoms with Crippen LogP contribution in [0.5, 0.6) is 0 Å². The summed E-state index contributed by atoms with van der Waals surface area (Å²) in [5.74, 6) is -0.0526. The van der Waals surface area contributed by atoms with Gasteiger partial charge in [-0.05, 0) is 30.9 Å². The van der Waals surface area contributed by atoms with Crippen molar-refractivity contribution in [3.8, 4) is 0 Å². The second-order valence-electron chi connectivity index (χ2n) is 5.89. The molecule has 0 spiro atoms. The highest BCUT2D eigenvalue weighted by Crippen LogP contribution is 2.27. The molecule has 6 nitrogen and oxygen atoms in total. The monoisotopic (exact) mass is 354 g/mol. The van der Waals surface area contributed by atoms with E-state index in [1.807, 2.05) is 0 Å². The maximum atomic E-state index is 12.5. The van der Waals surface area contributed by atoms with Crippen molar-refractivity contribution in [2.75, 3.05) is 18.5 Å². The zero-order valence-electron chi connectivity index (χ0n) is 13.3. The summed E-state index contributed by atoms with van der Waals surface area (Å²) in [6, 6.07) is 1.88. The number of nitrogens with one attached hydrogen (secondary N) is 1. The van der Waals surface area contributed by atoms with Crippen molar-refractivity contribution < 1.29 is 22.7 Å². The first-order chi connectivity index (χ1) is 11.9. The van der Waals surface area contributed by atoms with E-state index in [1.54, 1.807) is 10.9 Å². The average Bonchev–Trinajstić information content (AvgIpc) is 3.02. The molecule has 1 amide bonds. The van der Waals surface area contributed by atoms with Gasteiger partial charge in [-0.1, -0.05) is 0 Å². The molecule has 0 unspecified atom stereocenters. The van der Waals surface area contributed by atoms with Crippen molar-refractivity contribution in [1.82, 2.24) is 14.8 Å². The van der Waals surface area contributed by atoms with Crippen molar-refractivity contribution in [2.24, 2.45) is 5.92 Å². The smallest absolute Gasteiger partial charge is 0.381 e. The van der Waals surface area contributed by atoms with E-state index in [-0.39, 0.29) is 5.56 Å². The second-order valence-corrected chi connectivity index (χ2v) is 5.89. The third-order valence-electron chi connectivity index (χ3n) is 3.99. The van der Waals surface area contributed by atoms with Crippen molar-refractivity contribution >= 4 is 11.6 Å². The van der Waals surface area contributed by atoms with Crippen LogP contribution in [-0.4, -0.2) is 33.9 Å². The van der Waals surface area contributed by atoms with Gasteiger partial charge in [0.15, 0.2) is 0 Å². The molecule has 134 valence electrons. The standard InChI is InChI=1S/C16H17F3N4O2/c17-16(18,19)14-2-1-12(7-20-14)15(24)22-13-8-21-23(10-13)9-11-3-5-25-6-4-11/h1-2,7-8,10-11H,3-6,9H2,(H,22,24). The summed E-state index contributed by atoms with van der Waals surface area (Å²) in [5.41, 5.74) is -0.504. The van der Waals surface area contributed by atoms with Crippen LogP contribution in [0.15, 0.2) is 30.7 Å². The molecular formula is C16H17F3N4O2. The number of anilines is 1. The van der Waals surface area contributed by atoms with Gasteiger partial charge in [0.25, 0.3) is 5.91 Å². The first-order valence-corrected chi connectivity index (χ1v) is 7.86. The minimum absolute atomic E-state index is 0.0465. The van der Waals surface area contributed by atoms with Gasteiger partial charge < -0.3 is 10.1 Å². The Hall–Kier alpha value is -2.42. The lowest BCUT2D eigenvalue weighted by Crippen LogP contribution is -2.20. The maximum absolute atomic E-state index is 12.5. The van der Waals surface area contributed by atoms with E-state index >= 15 is 0 Å². The average molecular weight is 354 g/mol. The number of amides is 1. The fourth-order valence-electron chi connectivity index (χ4n) is 2.62. The molecule has 0 aliphatic carbocycles. The van der Waals surface area contributed by atoms with Crippen LogP contribution in [0, 0.1) is 5.92 Å². The van der Waals surface area contributed by atoms with E-state index in [4.69, 9.17) is 4.74 Å². The predicted molar refractivity (Wildman–Crippen MR) is 83.0 cm³/mol. The quantitative estimate of drug-likeness (QED) is 0.917. The number of hydrogen-bond donors (Lipinski definition) is 1. The maximum Gasteiger partial charge on any atom is 0.433 e. The van der Waals surface area contributed by atoms with Crippen molar-refractivity contribution in [3.05, 3.63) is 42.0 Å². The number of nitrogens with zero attached hydrogens (tertiary/aromatic N) is 3. The van der Waals surface area contributed by atoms with Crippen molar-refractivity contribution in [3.63, 3.8) is 0 Å². The Kier molecular flexibility index (Phi) is 5.03. The van der Waals surface area contributed by atoms with Crippen LogP contribution in [0.3, 0.4) is 0 Å². The minimum Gasteiger partial charge on any atom is -0.381 e. The van der Waals surface area contributed by atoms with Crippen molar-refractivity contribution in [1.29, 1.82) is 0 Å². The van der Waals surface area contributed by atoms with Gasteiger partial charge in [0, 0.05) is 32.2 Å². The van der Waals surface area contributed by atoms with E-state index < -0.39 is 17.8 Å². The van der Waals surface area contributed by atoms with Crippen LogP contribution in [0.4, 0.5) is 18.9 Å². The molecule has 3 heterocycles. The van der Waals surface area contributed by atoms with Crippen LogP contribution >= 0.6 is 0 Å². The molecule has 0 atom stereocenters. The Morgan fingerprint density at radius 1 is 1.28 bits per heavy atom. The van der Waals surface area contributed by atoms with Gasteiger partial charge in [0.05, 0.1) is 17.4 Å². The van der Waals surface area contributed by atoms with Crippen LogP contribution in [0.25, 0.3) is 0 Å². The van der Waals surface area contributed by atoms with E-state index in [9.17, 15) is 18.0 Å². The lowest BCUT2D eigenvalue weighted by atomic mass is 10.0. The summed E-state index contributed by atoms with van der Waals surface area (Å²) in [5, 5.41) is 6.81. The molecule has 3 rings (SSSR count). The second kappa shape index (κ2) is 7.22. The molecule has 1 aliphatic heterocycles. The molecule has 1 aliphatic rings. The normalized spacial score (nSPS) is 16.0. The summed E-state index contributed by atoms with van der Waals surface area (Å²) in [7, 11) is 0. The highest BCUT2D eigenvalue weighted by molar-refractivity contribution is 6.03. The third-order valence-corrected chi connectivity index (χ3v) is 3.99. The first-order valence-electron chi connectivity index (χ1n) is 7.86. The number of aromatic nitrogens is 3. The van der Waals surface area contributed by atoms with E-state index in [1.165, 1.54) is 6.20 Å².